The van der Waals surface area contributed by atoms with Crippen LogP contribution in [0.15, 0.2) is 18.2 Å². The van der Waals surface area contributed by atoms with Crippen LogP contribution in [0.2, 0.25) is 0 Å². The first-order chi connectivity index (χ1) is 9.92. The third-order valence-corrected chi connectivity index (χ3v) is 4.73. The predicted octanol–water partition coefficient (Wildman–Crippen LogP) is 3.21. The molecule has 4 atom stereocenters. The lowest BCUT2D eigenvalue weighted by molar-refractivity contribution is 0.116. The molecule has 21 heavy (non-hydrogen) atoms. The van der Waals surface area contributed by atoms with Crippen molar-refractivity contribution >= 4 is 0 Å². The molecule has 0 spiro atoms. The van der Waals surface area contributed by atoms with Crippen molar-refractivity contribution < 1.29 is 9.13 Å². The van der Waals surface area contributed by atoms with E-state index in [4.69, 9.17) is 4.74 Å². The average Bonchev–Trinajstić information content (AvgIpc) is 2.44. The summed E-state index contributed by atoms with van der Waals surface area (Å²) in [5.74, 6) is 1.10. The molecule has 1 saturated heterocycles. The largest absolute Gasteiger partial charge is 0.496 e. The first-order valence-corrected chi connectivity index (χ1v) is 7.72. The second-order valence-electron chi connectivity index (χ2n) is 6.38. The lowest BCUT2D eigenvalue weighted by Crippen LogP contribution is -2.51. The smallest absolute Gasteiger partial charge is 0.123 e. The van der Waals surface area contributed by atoms with E-state index in [-0.39, 0.29) is 11.9 Å². The van der Waals surface area contributed by atoms with Crippen molar-refractivity contribution in [3.63, 3.8) is 0 Å². The Bertz CT molecular complexity index is 480. The molecule has 2 rings (SSSR count). The third kappa shape index (κ3) is 3.74. The Morgan fingerprint density at radius 1 is 1.38 bits per heavy atom. The fraction of sp³-hybridized carbons (Fsp3) is 0.647. The predicted molar refractivity (Wildman–Crippen MR) is 84.2 cm³/mol. The number of nitrogens with one attached hydrogen (secondary N) is 1. The molecule has 118 valence electrons. The van der Waals surface area contributed by atoms with Gasteiger partial charge in [-0.3, -0.25) is 0 Å². The lowest BCUT2D eigenvalue weighted by atomic mass is 9.89. The number of rotatable bonds is 4. The Kier molecular flexibility index (Phi) is 5.22. The minimum atomic E-state index is -0.218. The van der Waals surface area contributed by atoms with Crippen molar-refractivity contribution in [3.8, 4) is 5.75 Å². The summed E-state index contributed by atoms with van der Waals surface area (Å²) in [6.45, 7) is 7.70. The van der Waals surface area contributed by atoms with E-state index in [0.717, 1.165) is 24.3 Å². The topological polar surface area (TPSA) is 24.5 Å². The highest BCUT2D eigenvalue weighted by molar-refractivity contribution is 5.36. The average molecular weight is 294 g/mol. The van der Waals surface area contributed by atoms with Crippen LogP contribution in [0.1, 0.15) is 38.8 Å². The van der Waals surface area contributed by atoms with Crippen LogP contribution in [0.3, 0.4) is 0 Å². The number of nitrogens with zero attached hydrogens (tertiary/aromatic N) is 1. The number of methoxy groups -OCH3 is 1. The van der Waals surface area contributed by atoms with E-state index in [9.17, 15) is 4.39 Å². The van der Waals surface area contributed by atoms with Gasteiger partial charge in [0.25, 0.3) is 0 Å². The maximum Gasteiger partial charge on any atom is 0.123 e. The second kappa shape index (κ2) is 6.75. The van der Waals surface area contributed by atoms with Gasteiger partial charge >= 0.3 is 0 Å². The van der Waals surface area contributed by atoms with Crippen LogP contribution in [-0.4, -0.2) is 37.7 Å². The molecule has 0 amide bonds. The minimum absolute atomic E-state index is 0.0682. The zero-order chi connectivity index (χ0) is 15.6. The maximum absolute atomic E-state index is 13.5. The number of piperidine rings is 1. The van der Waals surface area contributed by atoms with Gasteiger partial charge in [0.05, 0.1) is 7.11 Å². The summed E-state index contributed by atoms with van der Waals surface area (Å²) < 4.78 is 18.9. The summed E-state index contributed by atoms with van der Waals surface area (Å²) in [5.41, 5.74) is 0.885. The zero-order valence-electron chi connectivity index (χ0n) is 13.7. The van der Waals surface area contributed by atoms with Crippen LogP contribution < -0.4 is 10.1 Å². The first-order valence-electron chi connectivity index (χ1n) is 7.72. The number of likely N-dealkylation sites (tertiary alicyclic amines) is 1. The normalized spacial score (nSPS) is 28.4. The molecule has 1 aliphatic heterocycles. The molecular formula is C17H27FN2O. The molecule has 0 radical (unpaired) electrons. The van der Waals surface area contributed by atoms with Crippen molar-refractivity contribution in [1.82, 2.24) is 10.2 Å². The maximum atomic E-state index is 13.5. The van der Waals surface area contributed by atoms with E-state index in [1.807, 2.05) is 0 Å². The van der Waals surface area contributed by atoms with Crippen molar-refractivity contribution in [2.75, 3.05) is 20.7 Å². The van der Waals surface area contributed by atoms with E-state index in [2.05, 4.69) is 38.0 Å². The zero-order valence-corrected chi connectivity index (χ0v) is 13.7. The van der Waals surface area contributed by atoms with Crippen LogP contribution in [0.5, 0.6) is 5.75 Å². The van der Waals surface area contributed by atoms with Crippen molar-refractivity contribution in [1.29, 1.82) is 0 Å². The Hall–Kier alpha value is -1.13. The van der Waals surface area contributed by atoms with Gasteiger partial charge in [0, 0.05) is 30.2 Å². The van der Waals surface area contributed by atoms with E-state index in [0.29, 0.717) is 18.0 Å². The molecule has 1 N–H and O–H groups in total. The molecule has 3 nitrogen and oxygen atoms in total. The van der Waals surface area contributed by atoms with Crippen LogP contribution in [0, 0.1) is 11.7 Å². The molecule has 1 aromatic rings. The van der Waals surface area contributed by atoms with Gasteiger partial charge in [-0.2, -0.15) is 0 Å². The van der Waals surface area contributed by atoms with Gasteiger partial charge in [-0.15, -0.1) is 0 Å². The molecule has 1 aromatic carbocycles. The SMILES string of the molecule is COc1ccc(F)cc1C(C)NC1CC(C)N(C)CC1C. The summed E-state index contributed by atoms with van der Waals surface area (Å²) in [6, 6.07) is 5.79. The quantitative estimate of drug-likeness (QED) is 0.923. The fourth-order valence-electron chi connectivity index (χ4n) is 3.23. The van der Waals surface area contributed by atoms with Crippen molar-refractivity contribution in [2.45, 2.75) is 45.3 Å². The highest BCUT2D eigenvalue weighted by atomic mass is 19.1. The molecule has 1 fully saturated rings. The Morgan fingerprint density at radius 2 is 2.10 bits per heavy atom. The summed E-state index contributed by atoms with van der Waals surface area (Å²) in [6.07, 6.45) is 1.11. The number of halogens is 1. The van der Waals surface area contributed by atoms with Gasteiger partial charge in [0.1, 0.15) is 11.6 Å². The summed E-state index contributed by atoms with van der Waals surface area (Å²) >= 11 is 0. The second-order valence-corrected chi connectivity index (χ2v) is 6.38. The van der Waals surface area contributed by atoms with Gasteiger partial charge in [-0.25, -0.2) is 4.39 Å². The number of hydrogen-bond acceptors (Lipinski definition) is 3. The van der Waals surface area contributed by atoms with E-state index in [1.165, 1.54) is 6.07 Å². The molecular weight excluding hydrogens is 267 g/mol. The Labute approximate surface area is 127 Å². The highest BCUT2D eigenvalue weighted by Gasteiger charge is 2.30. The van der Waals surface area contributed by atoms with Gasteiger partial charge < -0.3 is 15.0 Å². The number of ether oxygens (including phenoxy) is 1. The Morgan fingerprint density at radius 3 is 2.76 bits per heavy atom. The van der Waals surface area contributed by atoms with Crippen LogP contribution >= 0.6 is 0 Å². The minimum Gasteiger partial charge on any atom is -0.496 e. The van der Waals surface area contributed by atoms with Crippen molar-refractivity contribution in [2.24, 2.45) is 5.92 Å². The fourth-order valence-corrected chi connectivity index (χ4v) is 3.23. The molecule has 1 aliphatic rings. The molecule has 0 saturated carbocycles. The van der Waals surface area contributed by atoms with Crippen LogP contribution in [0.4, 0.5) is 4.39 Å². The summed E-state index contributed by atoms with van der Waals surface area (Å²) in [4.78, 5) is 2.40. The van der Waals surface area contributed by atoms with Crippen LogP contribution in [-0.2, 0) is 0 Å². The van der Waals surface area contributed by atoms with Gasteiger partial charge in [-0.1, -0.05) is 6.92 Å². The molecule has 0 aromatic heterocycles. The summed E-state index contributed by atoms with van der Waals surface area (Å²) in [5, 5.41) is 3.66. The van der Waals surface area contributed by atoms with Gasteiger partial charge in [0.2, 0.25) is 0 Å². The monoisotopic (exact) mass is 294 g/mol. The van der Waals surface area contributed by atoms with E-state index < -0.39 is 0 Å². The van der Waals surface area contributed by atoms with Crippen LogP contribution in [0.25, 0.3) is 0 Å². The molecule has 1 heterocycles. The highest BCUT2D eigenvalue weighted by Crippen LogP contribution is 2.29. The third-order valence-electron chi connectivity index (χ3n) is 4.73. The lowest BCUT2D eigenvalue weighted by Gasteiger charge is -2.41. The van der Waals surface area contributed by atoms with Gasteiger partial charge in [-0.05, 0) is 51.4 Å². The first kappa shape index (κ1) is 16.2. The van der Waals surface area contributed by atoms with Gasteiger partial charge in [0.15, 0.2) is 0 Å². The number of hydrogen-bond donors (Lipinski definition) is 1. The molecule has 0 bridgehead atoms. The Balaban J connectivity index is 2.10. The van der Waals surface area contributed by atoms with Crippen molar-refractivity contribution in [3.05, 3.63) is 29.6 Å². The standard InChI is InChI=1S/C17H27FN2O/c1-11-10-20(4)12(2)8-16(11)19-13(3)15-9-14(18)6-7-17(15)21-5/h6-7,9,11-13,16,19H,8,10H2,1-5H3. The summed E-state index contributed by atoms with van der Waals surface area (Å²) in [7, 11) is 3.81. The van der Waals surface area contributed by atoms with E-state index >= 15 is 0 Å². The number of benzene rings is 1. The molecule has 0 aliphatic carbocycles. The van der Waals surface area contributed by atoms with E-state index in [1.54, 1.807) is 19.2 Å². The molecule has 4 unspecified atom stereocenters. The molecule has 4 heteroatoms.